The minimum Gasteiger partial charge on any atom is -0.479 e. The van der Waals surface area contributed by atoms with E-state index in [0.29, 0.717) is 32.7 Å². The minimum atomic E-state index is -0.825. The normalized spacial score (nSPS) is 11.8. The van der Waals surface area contributed by atoms with E-state index in [1.54, 1.807) is 55.5 Å². The molecule has 0 fully saturated rings. The number of esters is 1. The fourth-order valence-electron chi connectivity index (χ4n) is 2.55. The number of hydrazone groups is 1. The number of hydrogen-bond acceptors (Lipinski definition) is 5. The fraction of sp³-hybridized carbons (Fsp3) is 0.125. The monoisotopic (exact) mass is 470 g/mol. The maximum atomic E-state index is 12.2. The number of hydrogen-bond donors (Lipinski definition) is 1. The van der Waals surface area contributed by atoms with Crippen LogP contribution in [0.2, 0.25) is 10.0 Å². The Morgan fingerprint density at radius 2 is 1.69 bits per heavy atom. The molecule has 6 nitrogen and oxygen atoms in total. The quantitative estimate of drug-likeness (QED) is 0.216. The van der Waals surface area contributed by atoms with E-state index in [0.717, 1.165) is 5.56 Å². The van der Waals surface area contributed by atoms with Gasteiger partial charge in [-0.05, 0) is 74.0 Å². The van der Waals surface area contributed by atoms with Crippen molar-refractivity contribution >= 4 is 41.3 Å². The first-order valence-electron chi connectivity index (χ1n) is 9.65. The predicted octanol–water partition coefficient (Wildman–Crippen LogP) is 5.44. The van der Waals surface area contributed by atoms with Crippen LogP contribution in [0.5, 0.6) is 11.5 Å². The number of aryl methyl sites for hydroxylation is 1. The molecule has 0 spiro atoms. The number of nitrogens with zero attached hydrogens (tertiary/aromatic N) is 1. The molecule has 1 unspecified atom stereocenters. The summed E-state index contributed by atoms with van der Waals surface area (Å²) in [6.45, 7) is 3.52. The van der Waals surface area contributed by atoms with E-state index in [1.165, 1.54) is 12.3 Å². The number of ether oxygens (including phenoxy) is 2. The van der Waals surface area contributed by atoms with Gasteiger partial charge in [0.25, 0.3) is 5.91 Å². The van der Waals surface area contributed by atoms with Crippen LogP contribution < -0.4 is 14.9 Å². The molecule has 0 aliphatic carbocycles. The van der Waals surface area contributed by atoms with Crippen LogP contribution in [-0.2, 0) is 4.79 Å². The van der Waals surface area contributed by atoms with Crippen LogP contribution in [0.3, 0.4) is 0 Å². The Balaban J connectivity index is 1.51. The van der Waals surface area contributed by atoms with Crippen molar-refractivity contribution in [2.45, 2.75) is 20.0 Å². The number of nitrogens with one attached hydrogen (secondary N) is 1. The average Bonchev–Trinajstić information content (AvgIpc) is 2.77. The van der Waals surface area contributed by atoms with E-state index in [4.69, 9.17) is 32.7 Å². The SMILES string of the molecule is Cc1ccc(C(=O)Oc2ccc(C=NNC(=O)C(C)Oc3ccc(Cl)cc3Cl)cc2)cc1. The number of halogens is 2. The highest BCUT2D eigenvalue weighted by Gasteiger charge is 2.15. The third kappa shape index (κ3) is 6.57. The third-order valence-corrected chi connectivity index (χ3v) is 4.86. The summed E-state index contributed by atoms with van der Waals surface area (Å²) in [6.07, 6.45) is 0.639. The van der Waals surface area contributed by atoms with E-state index >= 15 is 0 Å². The first-order valence-corrected chi connectivity index (χ1v) is 10.4. The number of carbonyl (C=O) groups excluding carboxylic acids is 2. The zero-order chi connectivity index (χ0) is 23.1. The van der Waals surface area contributed by atoms with Crippen LogP contribution in [0.1, 0.15) is 28.4 Å². The highest BCUT2D eigenvalue weighted by atomic mass is 35.5. The van der Waals surface area contributed by atoms with Gasteiger partial charge < -0.3 is 9.47 Å². The molecule has 164 valence electrons. The lowest BCUT2D eigenvalue weighted by molar-refractivity contribution is -0.127. The standard InChI is InChI=1S/C24H20Cl2N2O4/c1-15-3-7-18(8-4-15)24(30)32-20-10-5-17(6-11-20)14-27-28-23(29)16(2)31-22-12-9-19(25)13-21(22)26/h3-14,16H,1-2H3,(H,28,29). The highest BCUT2D eigenvalue weighted by molar-refractivity contribution is 6.35. The summed E-state index contributed by atoms with van der Waals surface area (Å²) in [5.74, 6) is -0.138. The van der Waals surface area contributed by atoms with Gasteiger partial charge in [-0.2, -0.15) is 5.10 Å². The Morgan fingerprint density at radius 3 is 2.34 bits per heavy atom. The molecular weight excluding hydrogens is 451 g/mol. The molecule has 32 heavy (non-hydrogen) atoms. The smallest absolute Gasteiger partial charge is 0.343 e. The fourth-order valence-corrected chi connectivity index (χ4v) is 3.01. The molecule has 1 N–H and O–H groups in total. The molecule has 8 heteroatoms. The molecule has 3 aromatic rings. The van der Waals surface area contributed by atoms with Crippen LogP contribution in [0.4, 0.5) is 0 Å². The topological polar surface area (TPSA) is 77.0 Å². The summed E-state index contributed by atoms with van der Waals surface area (Å²) in [6, 6.07) is 18.6. The van der Waals surface area contributed by atoms with Crippen molar-refractivity contribution in [2.75, 3.05) is 0 Å². The van der Waals surface area contributed by atoms with E-state index in [2.05, 4.69) is 10.5 Å². The molecule has 0 saturated carbocycles. The minimum absolute atomic E-state index is 0.309. The average molecular weight is 471 g/mol. The van der Waals surface area contributed by atoms with E-state index in [9.17, 15) is 9.59 Å². The molecule has 0 aromatic heterocycles. The van der Waals surface area contributed by atoms with Crippen LogP contribution in [0.15, 0.2) is 71.8 Å². The van der Waals surface area contributed by atoms with E-state index < -0.39 is 18.0 Å². The Bertz CT molecular complexity index is 1130. The second kappa shape index (κ2) is 10.8. The lowest BCUT2D eigenvalue weighted by Crippen LogP contribution is -2.33. The van der Waals surface area contributed by atoms with Crippen molar-refractivity contribution in [1.29, 1.82) is 0 Å². The van der Waals surface area contributed by atoms with Crippen LogP contribution in [0.25, 0.3) is 0 Å². The van der Waals surface area contributed by atoms with Gasteiger partial charge in [-0.15, -0.1) is 0 Å². The first-order chi connectivity index (χ1) is 15.3. The zero-order valence-corrected chi connectivity index (χ0v) is 18.9. The zero-order valence-electron chi connectivity index (χ0n) is 17.3. The molecule has 1 atom stereocenters. The molecule has 0 bridgehead atoms. The van der Waals surface area contributed by atoms with E-state index in [-0.39, 0.29) is 0 Å². The van der Waals surface area contributed by atoms with Gasteiger partial charge in [0, 0.05) is 5.02 Å². The molecule has 3 rings (SSSR count). The summed E-state index contributed by atoms with van der Waals surface area (Å²) in [5.41, 5.74) is 4.64. The second-order valence-electron chi connectivity index (χ2n) is 6.89. The summed E-state index contributed by atoms with van der Waals surface area (Å²) in [4.78, 5) is 24.3. The maximum Gasteiger partial charge on any atom is 0.343 e. The summed E-state index contributed by atoms with van der Waals surface area (Å²) in [7, 11) is 0. The number of rotatable bonds is 7. The van der Waals surface area contributed by atoms with Crippen molar-refractivity contribution in [3.05, 3.63) is 93.5 Å². The molecule has 0 radical (unpaired) electrons. The van der Waals surface area contributed by atoms with Crippen molar-refractivity contribution in [2.24, 2.45) is 5.10 Å². The first kappa shape index (κ1) is 23.3. The van der Waals surface area contributed by atoms with Crippen molar-refractivity contribution in [3.8, 4) is 11.5 Å². The molecule has 0 saturated heterocycles. The Labute approximate surface area is 195 Å². The van der Waals surface area contributed by atoms with Crippen molar-refractivity contribution in [1.82, 2.24) is 5.43 Å². The number of carbonyl (C=O) groups is 2. The Kier molecular flexibility index (Phi) is 7.87. The Hall–Kier alpha value is -3.35. The number of amides is 1. The van der Waals surface area contributed by atoms with Crippen molar-refractivity contribution in [3.63, 3.8) is 0 Å². The van der Waals surface area contributed by atoms with Gasteiger partial charge in [0.2, 0.25) is 0 Å². The molecular formula is C24H20Cl2N2O4. The van der Waals surface area contributed by atoms with Gasteiger partial charge in [0.15, 0.2) is 6.10 Å². The molecule has 0 heterocycles. The van der Waals surface area contributed by atoms with Gasteiger partial charge in [-0.3, -0.25) is 4.79 Å². The molecule has 1 amide bonds. The van der Waals surface area contributed by atoms with Gasteiger partial charge in [-0.1, -0.05) is 40.9 Å². The molecule has 0 aliphatic heterocycles. The van der Waals surface area contributed by atoms with Crippen LogP contribution in [0, 0.1) is 6.92 Å². The van der Waals surface area contributed by atoms with Crippen molar-refractivity contribution < 1.29 is 19.1 Å². The number of benzene rings is 3. The van der Waals surface area contributed by atoms with Gasteiger partial charge in [0.1, 0.15) is 11.5 Å². The summed E-state index contributed by atoms with van der Waals surface area (Å²) >= 11 is 11.9. The summed E-state index contributed by atoms with van der Waals surface area (Å²) < 4.78 is 10.9. The maximum absolute atomic E-state index is 12.2. The van der Waals surface area contributed by atoms with Gasteiger partial charge >= 0.3 is 5.97 Å². The predicted molar refractivity (Wildman–Crippen MR) is 125 cm³/mol. The highest BCUT2D eigenvalue weighted by Crippen LogP contribution is 2.28. The van der Waals surface area contributed by atoms with Crippen LogP contribution >= 0.6 is 23.2 Å². The van der Waals surface area contributed by atoms with Crippen LogP contribution in [-0.4, -0.2) is 24.2 Å². The second-order valence-corrected chi connectivity index (χ2v) is 7.74. The largest absolute Gasteiger partial charge is 0.479 e. The molecule has 3 aromatic carbocycles. The summed E-state index contributed by atoms with van der Waals surface area (Å²) in [5, 5.41) is 4.70. The van der Waals surface area contributed by atoms with E-state index in [1.807, 2.05) is 19.1 Å². The molecule has 0 aliphatic rings. The lowest BCUT2D eigenvalue weighted by atomic mass is 10.1. The third-order valence-electron chi connectivity index (χ3n) is 4.33. The lowest BCUT2D eigenvalue weighted by Gasteiger charge is -2.14. The van der Waals surface area contributed by atoms with Gasteiger partial charge in [-0.25, -0.2) is 10.2 Å². The Morgan fingerprint density at radius 1 is 1.00 bits per heavy atom. The van der Waals surface area contributed by atoms with Gasteiger partial charge in [0.05, 0.1) is 16.8 Å².